The highest BCUT2D eigenvalue weighted by Crippen LogP contribution is 2.20. The number of hydrogen-bond acceptors (Lipinski definition) is 3. The van der Waals surface area contributed by atoms with Gasteiger partial charge in [-0.2, -0.15) is 0 Å². The van der Waals surface area contributed by atoms with Crippen LogP contribution >= 0.6 is 27.3 Å². The summed E-state index contributed by atoms with van der Waals surface area (Å²) in [5, 5.41) is 2.06. The van der Waals surface area contributed by atoms with Crippen LogP contribution in [0.3, 0.4) is 0 Å². The summed E-state index contributed by atoms with van der Waals surface area (Å²) in [6.07, 6.45) is 1.67. The molecule has 0 aliphatic rings. The molecule has 0 aromatic carbocycles. The molecule has 0 saturated heterocycles. The number of hydrogen-bond donors (Lipinski definition) is 1. The SMILES string of the molecule is CC(CCN)C(=O)N(C)CCc1cc(Br)cs1. The van der Waals surface area contributed by atoms with E-state index in [1.54, 1.807) is 16.2 Å². The first kappa shape index (κ1) is 14.7. The average molecular weight is 319 g/mol. The van der Waals surface area contributed by atoms with Crippen molar-refractivity contribution in [1.29, 1.82) is 0 Å². The molecule has 3 nitrogen and oxygen atoms in total. The lowest BCUT2D eigenvalue weighted by molar-refractivity contribution is -0.133. The Labute approximate surface area is 115 Å². The smallest absolute Gasteiger partial charge is 0.225 e. The fraction of sp³-hybridized carbons (Fsp3) is 0.583. The van der Waals surface area contributed by atoms with Gasteiger partial charge in [-0.25, -0.2) is 0 Å². The molecule has 1 heterocycles. The van der Waals surface area contributed by atoms with Crippen molar-refractivity contribution in [2.75, 3.05) is 20.1 Å². The summed E-state index contributed by atoms with van der Waals surface area (Å²) >= 11 is 5.14. The van der Waals surface area contributed by atoms with Crippen molar-refractivity contribution in [3.8, 4) is 0 Å². The van der Waals surface area contributed by atoms with Gasteiger partial charge in [0, 0.05) is 34.2 Å². The van der Waals surface area contributed by atoms with Crippen LogP contribution in [-0.4, -0.2) is 30.9 Å². The third-order valence-electron chi connectivity index (χ3n) is 2.71. The molecular weight excluding hydrogens is 300 g/mol. The number of nitrogens with zero attached hydrogens (tertiary/aromatic N) is 1. The average Bonchev–Trinajstić information content (AvgIpc) is 2.71. The van der Waals surface area contributed by atoms with Crippen molar-refractivity contribution < 1.29 is 4.79 Å². The Bertz CT molecular complexity index is 367. The number of halogens is 1. The minimum atomic E-state index is 0.0278. The lowest BCUT2D eigenvalue weighted by atomic mass is 10.1. The number of rotatable bonds is 6. The Morgan fingerprint density at radius 2 is 2.35 bits per heavy atom. The van der Waals surface area contributed by atoms with Crippen molar-refractivity contribution in [2.45, 2.75) is 19.8 Å². The van der Waals surface area contributed by atoms with Gasteiger partial charge in [-0.15, -0.1) is 11.3 Å². The van der Waals surface area contributed by atoms with Gasteiger partial charge in [0.05, 0.1) is 0 Å². The van der Waals surface area contributed by atoms with Gasteiger partial charge in [0.2, 0.25) is 5.91 Å². The molecule has 0 bridgehead atoms. The van der Waals surface area contributed by atoms with Crippen molar-refractivity contribution in [3.05, 3.63) is 20.8 Å². The Kier molecular flexibility index (Phi) is 6.16. The van der Waals surface area contributed by atoms with Crippen LogP contribution in [0.4, 0.5) is 0 Å². The fourth-order valence-electron chi connectivity index (χ4n) is 1.62. The summed E-state index contributed by atoms with van der Waals surface area (Å²) < 4.78 is 1.11. The molecule has 1 aromatic heterocycles. The molecule has 17 heavy (non-hydrogen) atoms. The Morgan fingerprint density at radius 1 is 1.65 bits per heavy atom. The second kappa shape index (κ2) is 7.13. The molecule has 0 aliphatic heterocycles. The minimum absolute atomic E-state index is 0.0278. The molecule has 2 N–H and O–H groups in total. The van der Waals surface area contributed by atoms with Crippen LogP contribution in [0.5, 0.6) is 0 Å². The molecule has 1 aromatic rings. The van der Waals surface area contributed by atoms with Gasteiger partial charge >= 0.3 is 0 Å². The molecule has 0 aliphatic carbocycles. The van der Waals surface area contributed by atoms with E-state index in [9.17, 15) is 4.79 Å². The van der Waals surface area contributed by atoms with E-state index in [1.165, 1.54) is 4.88 Å². The van der Waals surface area contributed by atoms with Gasteiger partial charge in [-0.1, -0.05) is 6.92 Å². The quantitative estimate of drug-likeness (QED) is 0.876. The number of thiophene rings is 1. The largest absolute Gasteiger partial charge is 0.345 e. The van der Waals surface area contributed by atoms with Gasteiger partial charge in [-0.05, 0) is 41.4 Å². The van der Waals surface area contributed by atoms with Gasteiger partial charge in [0.1, 0.15) is 0 Å². The zero-order chi connectivity index (χ0) is 12.8. The summed E-state index contributed by atoms with van der Waals surface area (Å²) in [7, 11) is 1.86. The highest BCUT2D eigenvalue weighted by atomic mass is 79.9. The topological polar surface area (TPSA) is 46.3 Å². The van der Waals surface area contributed by atoms with E-state index in [0.717, 1.165) is 23.9 Å². The summed E-state index contributed by atoms with van der Waals surface area (Å²) in [4.78, 5) is 15.0. The monoisotopic (exact) mass is 318 g/mol. The van der Waals surface area contributed by atoms with Gasteiger partial charge in [-0.3, -0.25) is 4.79 Å². The van der Waals surface area contributed by atoms with E-state index in [-0.39, 0.29) is 11.8 Å². The standard InChI is InChI=1S/C12H19BrN2OS/c1-9(3-5-14)12(16)15(2)6-4-11-7-10(13)8-17-11/h7-9H,3-6,14H2,1-2H3. The lowest BCUT2D eigenvalue weighted by Gasteiger charge is -2.20. The van der Waals surface area contributed by atoms with Gasteiger partial charge in [0.25, 0.3) is 0 Å². The number of nitrogens with two attached hydrogens (primary N) is 1. The maximum absolute atomic E-state index is 11.9. The van der Waals surface area contributed by atoms with Crippen LogP contribution in [0.1, 0.15) is 18.2 Å². The number of amides is 1. The second-order valence-electron chi connectivity index (χ2n) is 4.22. The maximum Gasteiger partial charge on any atom is 0.225 e. The predicted molar refractivity (Wildman–Crippen MR) is 76.2 cm³/mol. The summed E-state index contributed by atoms with van der Waals surface area (Å²) in [6.45, 7) is 3.27. The maximum atomic E-state index is 11.9. The van der Waals surface area contributed by atoms with Crippen LogP contribution in [0, 0.1) is 5.92 Å². The van der Waals surface area contributed by atoms with Crippen LogP contribution in [0.15, 0.2) is 15.9 Å². The molecule has 0 saturated carbocycles. The number of carbonyl (C=O) groups excluding carboxylic acids is 1. The molecule has 0 fully saturated rings. The Hall–Kier alpha value is -0.390. The molecule has 5 heteroatoms. The third kappa shape index (κ3) is 4.77. The summed E-state index contributed by atoms with van der Waals surface area (Å²) in [5.74, 6) is 0.214. The third-order valence-corrected chi connectivity index (χ3v) is 4.47. The van der Waals surface area contributed by atoms with Crippen LogP contribution in [-0.2, 0) is 11.2 Å². The molecule has 1 unspecified atom stereocenters. The minimum Gasteiger partial charge on any atom is -0.345 e. The molecule has 1 rings (SSSR count). The molecule has 1 atom stereocenters. The molecular formula is C12H19BrN2OS. The zero-order valence-electron chi connectivity index (χ0n) is 10.3. The molecule has 1 amide bonds. The van der Waals surface area contributed by atoms with Crippen molar-refractivity contribution >= 4 is 33.2 Å². The lowest BCUT2D eigenvalue weighted by Crippen LogP contribution is -2.34. The number of likely N-dealkylation sites (N-methyl/N-ethyl adjacent to an activating group) is 1. The van der Waals surface area contributed by atoms with Crippen LogP contribution in [0.2, 0.25) is 0 Å². The molecule has 96 valence electrons. The Balaban J connectivity index is 2.38. The van der Waals surface area contributed by atoms with E-state index in [0.29, 0.717) is 6.54 Å². The number of carbonyl (C=O) groups is 1. The van der Waals surface area contributed by atoms with E-state index in [4.69, 9.17) is 5.73 Å². The van der Waals surface area contributed by atoms with Gasteiger partial charge in [0.15, 0.2) is 0 Å². The first-order valence-corrected chi connectivity index (χ1v) is 7.39. The first-order chi connectivity index (χ1) is 8.04. The molecule has 0 radical (unpaired) electrons. The van der Waals surface area contributed by atoms with E-state index in [1.807, 2.05) is 14.0 Å². The summed E-state index contributed by atoms with van der Waals surface area (Å²) in [6, 6.07) is 2.10. The molecule has 0 spiro atoms. The van der Waals surface area contributed by atoms with E-state index < -0.39 is 0 Å². The Morgan fingerprint density at radius 3 is 2.88 bits per heavy atom. The normalized spacial score (nSPS) is 12.5. The van der Waals surface area contributed by atoms with Crippen molar-refractivity contribution in [2.24, 2.45) is 11.7 Å². The van der Waals surface area contributed by atoms with Gasteiger partial charge < -0.3 is 10.6 Å². The van der Waals surface area contributed by atoms with Crippen LogP contribution < -0.4 is 5.73 Å². The second-order valence-corrected chi connectivity index (χ2v) is 6.13. The first-order valence-electron chi connectivity index (χ1n) is 5.72. The fourth-order valence-corrected chi connectivity index (χ4v) is 3.07. The predicted octanol–water partition coefficient (Wildman–Crippen LogP) is 2.50. The van der Waals surface area contributed by atoms with Crippen molar-refractivity contribution in [1.82, 2.24) is 4.90 Å². The highest BCUT2D eigenvalue weighted by molar-refractivity contribution is 9.10. The van der Waals surface area contributed by atoms with Crippen molar-refractivity contribution in [3.63, 3.8) is 0 Å². The van der Waals surface area contributed by atoms with E-state index >= 15 is 0 Å². The highest BCUT2D eigenvalue weighted by Gasteiger charge is 2.16. The van der Waals surface area contributed by atoms with E-state index in [2.05, 4.69) is 27.4 Å². The summed E-state index contributed by atoms with van der Waals surface area (Å²) in [5.41, 5.74) is 5.46. The van der Waals surface area contributed by atoms with Crippen LogP contribution in [0.25, 0.3) is 0 Å². The zero-order valence-corrected chi connectivity index (χ0v) is 12.7.